The Bertz CT molecular complexity index is 347. The molecule has 0 unspecified atom stereocenters. The average molecular weight is 297 g/mol. The Kier molecular flexibility index (Phi) is 3.99. The minimum absolute atomic E-state index is 4.12. The summed E-state index contributed by atoms with van der Waals surface area (Å²) in [5.41, 5.74) is 0. The molecule has 0 aromatic carbocycles. The van der Waals surface area contributed by atoms with Gasteiger partial charge in [0.15, 0.2) is 0 Å². The molecule has 0 fully saturated rings. The van der Waals surface area contributed by atoms with Gasteiger partial charge in [-0.05, 0) is 0 Å². The Morgan fingerprint density at radius 2 is 1.00 bits per heavy atom. The van der Waals surface area contributed by atoms with Crippen LogP contribution in [0.2, 0.25) is 0 Å². The summed E-state index contributed by atoms with van der Waals surface area (Å²) < 4.78 is 131. The summed E-state index contributed by atoms with van der Waals surface area (Å²) in [4.78, 5) is 0. The van der Waals surface area contributed by atoms with Crippen molar-refractivity contribution in [3.05, 3.63) is 11.9 Å². The first-order valence-electron chi connectivity index (χ1n) is 3.53. The van der Waals surface area contributed by atoms with Crippen molar-refractivity contribution in [1.82, 2.24) is 0 Å². The lowest BCUT2D eigenvalue weighted by molar-refractivity contribution is -0.429. The van der Waals surface area contributed by atoms with Crippen molar-refractivity contribution in [2.75, 3.05) is 0 Å². The highest BCUT2D eigenvalue weighted by molar-refractivity contribution is 5.15. The fraction of sp³-hybridized carbons (Fsp3) is 0.667. The zero-order valence-corrected chi connectivity index (χ0v) is 7.57. The summed E-state index contributed by atoms with van der Waals surface area (Å²) in [6.45, 7) is 0. The van der Waals surface area contributed by atoms with Crippen LogP contribution in [0.4, 0.5) is 48.3 Å². The Morgan fingerprint density at radius 1 is 0.667 bits per heavy atom. The van der Waals surface area contributed by atoms with Crippen LogP contribution in [0.5, 0.6) is 0 Å². The predicted octanol–water partition coefficient (Wildman–Crippen LogP) is 3.99. The van der Waals surface area contributed by atoms with Gasteiger partial charge >= 0.3 is 30.0 Å². The van der Waals surface area contributed by atoms with Gasteiger partial charge in [0.1, 0.15) is 0 Å². The van der Waals surface area contributed by atoms with Crippen LogP contribution < -0.4 is 0 Å². The van der Waals surface area contributed by atoms with Crippen LogP contribution in [-0.2, 0) is 5.11 Å². The van der Waals surface area contributed by atoms with Gasteiger partial charge in [-0.3, -0.25) is 0 Å². The lowest BCUT2D eigenvalue weighted by atomic mass is 10.0. The molecule has 0 aliphatic carbocycles. The molecule has 0 aliphatic heterocycles. The zero-order valence-electron chi connectivity index (χ0n) is 7.57. The SMILES string of the molecule is [O]C(F)(F)C(F)(F)C(F)(F)C(F)(F)C(F)=C(F)F. The maximum atomic E-state index is 12.3. The highest BCUT2D eigenvalue weighted by Gasteiger charge is 2.83. The van der Waals surface area contributed by atoms with E-state index in [0.29, 0.717) is 0 Å². The molecule has 107 valence electrons. The first kappa shape index (κ1) is 16.9. The van der Waals surface area contributed by atoms with E-state index in [9.17, 15) is 53.4 Å². The van der Waals surface area contributed by atoms with Crippen LogP contribution in [0.25, 0.3) is 0 Å². The molecule has 1 nitrogen and oxygen atoms in total. The molecule has 0 saturated carbocycles. The minimum Gasteiger partial charge on any atom is -0.199 e. The van der Waals surface area contributed by atoms with Gasteiger partial charge in [-0.2, -0.15) is 53.4 Å². The third-order valence-electron chi connectivity index (χ3n) is 1.60. The van der Waals surface area contributed by atoms with Crippen LogP contribution in [0.15, 0.2) is 11.9 Å². The third kappa shape index (κ3) is 2.24. The van der Waals surface area contributed by atoms with Crippen molar-refractivity contribution in [3.63, 3.8) is 0 Å². The van der Waals surface area contributed by atoms with E-state index in [1.165, 1.54) is 0 Å². The highest BCUT2D eigenvalue weighted by atomic mass is 19.4. The molecule has 12 heteroatoms. The van der Waals surface area contributed by atoms with Crippen molar-refractivity contribution in [3.8, 4) is 0 Å². The molecule has 0 N–H and O–H groups in total. The van der Waals surface area contributed by atoms with Crippen LogP contribution in [0, 0.1) is 0 Å². The number of hydrogen-bond donors (Lipinski definition) is 0. The first-order chi connectivity index (χ1) is 7.60. The summed E-state index contributed by atoms with van der Waals surface area (Å²) in [7, 11) is 0. The highest BCUT2D eigenvalue weighted by Crippen LogP contribution is 2.54. The second kappa shape index (κ2) is 4.24. The fourth-order valence-corrected chi connectivity index (χ4v) is 0.636. The molecule has 0 spiro atoms. The van der Waals surface area contributed by atoms with Crippen LogP contribution in [-0.4, -0.2) is 23.9 Å². The maximum absolute atomic E-state index is 12.3. The number of alkyl halides is 8. The smallest absolute Gasteiger partial charge is 0.199 e. The largest absolute Gasteiger partial charge is 0.452 e. The van der Waals surface area contributed by atoms with E-state index in [2.05, 4.69) is 0 Å². The summed E-state index contributed by atoms with van der Waals surface area (Å²) in [6, 6.07) is 0. The molecule has 0 bridgehead atoms. The summed E-state index contributed by atoms with van der Waals surface area (Å²) in [6.07, 6.45) is -11.1. The Morgan fingerprint density at radius 3 is 1.22 bits per heavy atom. The lowest BCUT2D eigenvalue weighted by Gasteiger charge is -2.32. The zero-order chi connectivity index (χ0) is 15.2. The lowest BCUT2D eigenvalue weighted by Crippen LogP contribution is -2.62. The molecular weight excluding hydrogens is 297 g/mol. The van der Waals surface area contributed by atoms with Gasteiger partial charge in [-0.1, -0.05) is 0 Å². The monoisotopic (exact) mass is 297 g/mol. The second-order valence-electron chi connectivity index (χ2n) is 2.81. The van der Waals surface area contributed by atoms with E-state index in [-0.39, 0.29) is 0 Å². The van der Waals surface area contributed by atoms with Gasteiger partial charge in [-0.15, -0.1) is 0 Å². The topological polar surface area (TPSA) is 19.9 Å². The molecule has 0 atom stereocenters. The van der Waals surface area contributed by atoms with Gasteiger partial charge in [0, 0.05) is 0 Å². The molecule has 0 aromatic heterocycles. The Labute approximate surface area is 90.5 Å². The van der Waals surface area contributed by atoms with Crippen LogP contribution >= 0.6 is 0 Å². The van der Waals surface area contributed by atoms with E-state index < -0.39 is 35.8 Å². The summed E-state index contributed by atoms with van der Waals surface area (Å²) in [5.74, 6) is -26.0. The molecule has 1 radical (unpaired) electrons. The second-order valence-corrected chi connectivity index (χ2v) is 2.81. The van der Waals surface area contributed by atoms with Crippen molar-refractivity contribution in [1.29, 1.82) is 0 Å². The number of allylic oxidation sites excluding steroid dienone is 1. The number of hydrogen-bond acceptors (Lipinski definition) is 0. The van der Waals surface area contributed by atoms with Gasteiger partial charge in [0.2, 0.25) is 5.83 Å². The molecular formula is C6F11O. The van der Waals surface area contributed by atoms with Crippen molar-refractivity contribution < 1.29 is 53.4 Å². The molecule has 0 amide bonds. The molecule has 0 saturated heterocycles. The quantitative estimate of drug-likeness (QED) is 0.699. The van der Waals surface area contributed by atoms with Crippen molar-refractivity contribution >= 4 is 0 Å². The van der Waals surface area contributed by atoms with Gasteiger partial charge in [0.25, 0.3) is 0 Å². The normalized spacial score (nSPS) is 14.7. The first-order valence-corrected chi connectivity index (χ1v) is 3.53. The summed E-state index contributed by atoms with van der Waals surface area (Å²) in [5, 5.41) is 9.39. The third-order valence-corrected chi connectivity index (χ3v) is 1.60. The van der Waals surface area contributed by atoms with E-state index in [4.69, 9.17) is 0 Å². The number of halogens is 11. The predicted molar refractivity (Wildman–Crippen MR) is 30.8 cm³/mol. The minimum atomic E-state index is -7.36. The molecule has 0 rings (SSSR count). The van der Waals surface area contributed by atoms with Gasteiger partial charge in [0.05, 0.1) is 0 Å². The van der Waals surface area contributed by atoms with Crippen LogP contribution in [0.3, 0.4) is 0 Å². The number of rotatable bonds is 4. The van der Waals surface area contributed by atoms with Crippen molar-refractivity contribution in [2.24, 2.45) is 0 Å². The Hall–Kier alpha value is -1.07. The molecule has 0 heterocycles. The van der Waals surface area contributed by atoms with E-state index >= 15 is 0 Å². The van der Waals surface area contributed by atoms with E-state index in [0.717, 1.165) is 0 Å². The Balaban J connectivity index is 5.88. The van der Waals surface area contributed by atoms with Crippen LogP contribution in [0.1, 0.15) is 0 Å². The van der Waals surface area contributed by atoms with E-state index in [1.54, 1.807) is 0 Å². The van der Waals surface area contributed by atoms with Gasteiger partial charge in [-0.25, -0.2) is 0 Å². The molecule has 0 aromatic rings. The van der Waals surface area contributed by atoms with Crippen molar-refractivity contribution in [2.45, 2.75) is 23.9 Å². The van der Waals surface area contributed by atoms with Gasteiger partial charge < -0.3 is 0 Å². The molecule has 18 heavy (non-hydrogen) atoms. The maximum Gasteiger partial charge on any atom is 0.452 e. The standard InChI is InChI=1S/C6F11O/c7-1(2(8)9)3(10,11)4(12,13)5(14,15)6(16,17)18. The summed E-state index contributed by atoms with van der Waals surface area (Å²) >= 11 is 0. The average Bonchev–Trinajstić information content (AvgIpc) is 2.13. The van der Waals surface area contributed by atoms with E-state index in [1.807, 2.05) is 0 Å². The molecule has 0 aliphatic rings. The fourth-order valence-electron chi connectivity index (χ4n) is 0.636.